The molecule has 1 aliphatic carbocycles. The number of fused-ring (bicyclic) bond motifs is 1. The Kier molecular flexibility index (Phi) is 9.16. The monoisotopic (exact) mass is 695 g/mol. The summed E-state index contributed by atoms with van der Waals surface area (Å²) in [5.41, 5.74) is 1.61. The maximum atomic E-state index is 15.5. The van der Waals surface area contributed by atoms with E-state index in [1.54, 1.807) is 32.2 Å². The van der Waals surface area contributed by atoms with Crippen LogP contribution in [0.15, 0.2) is 52.2 Å². The Morgan fingerprint density at radius 3 is 2.52 bits per heavy atom. The van der Waals surface area contributed by atoms with Gasteiger partial charge in [0, 0.05) is 61.7 Å². The number of hydrogen-bond acceptors (Lipinski definition) is 8. The molecule has 250 valence electrons. The zero-order valence-electron chi connectivity index (χ0n) is 26.6. The number of nitrogens with one attached hydrogen (secondary N) is 1. The predicted octanol–water partition coefficient (Wildman–Crippen LogP) is 5.00. The van der Waals surface area contributed by atoms with Crippen LogP contribution in [0, 0.1) is 11.7 Å². The Bertz CT molecular complexity index is 2090. The van der Waals surface area contributed by atoms with Crippen molar-refractivity contribution < 1.29 is 23.5 Å². The van der Waals surface area contributed by atoms with Crippen LogP contribution in [0.25, 0.3) is 22.4 Å². The number of carbonyl (C=O) groups excluding carboxylic acids is 2. The maximum Gasteiger partial charge on any atom is 0.330 e. The number of hydrogen-bond donors (Lipinski definition) is 1. The molecule has 2 aromatic heterocycles. The third kappa shape index (κ3) is 5.78. The van der Waals surface area contributed by atoms with E-state index in [-0.39, 0.29) is 50.4 Å². The highest BCUT2D eigenvalue weighted by Crippen LogP contribution is 2.47. The van der Waals surface area contributed by atoms with Crippen LogP contribution in [0.5, 0.6) is 5.88 Å². The number of benzene rings is 2. The van der Waals surface area contributed by atoms with E-state index in [9.17, 15) is 19.2 Å². The predicted molar refractivity (Wildman–Crippen MR) is 179 cm³/mol. The van der Waals surface area contributed by atoms with E-state index in [4.69, 9.17) is 37.7 Å². The molecule has 1 N–H and O–H groups in total. The normalized spacial score (nSPS) is 15.9. The second-order valence-electron chi connectivity index (χ2n) is 11.8. The fourth-order valence-corrected chi connectivity index (χ4v) is 7.01. The fraction of sp³-hybridized carbons (Fsp3) is 0.324. The molecule has 0 bridgehead atoms. The van der Waals surface area contributed by atoms with Crippen molar-refractivity contribution in [2.75, 3.05) is 32.1 Å². The number of pyridine rings is 1. The number of anilines is 1. The molecule has 2 aromatic carbocycles. The van der Waals surface area contributed by atoms with Gasteiger partial charge >= 0.3 is 11.7 Å². The Labute approximate surface area is 284 Å². The summed E-state index contributed by atoms with van der Waals surface area (Å²) in [6.07, 6.45) is 2.73. The first kappa shape index (κ1) is 33.4. The molecule has 0 unspecified atom stereocenters. The second kappa shape index (κ2) is 13.2. The highest BCUT2D eigenvalue weighted by Gasteiger charge is 2.42. The van der Waals surface area contributed by atoms with Crippen molar-refractivity contribution in [2.45, 2.75) is 25.8 Å². The van der Waals surface area contributed by atoms with Crippen molar-refractivity contribution >= 4 is 40.8 Å². The summed E-state index contributed by atoms with van der Waals surface area (Å²) < 4.78 is 28.3. The highest BCUT2D eigenvalue weighted by molar-refractivity contribution is 6.39. The molecule has 1 fully saturated rings. The van der Waals surface area contributed by atoms with Gasteiger partial charge in [-0.15, -0.1) is 0 Å². The third-order valence-corrected chi connectivity index (χ3v) is 9.67. The summed E-state index contributed by atoms with van der Waals surface area (Å²) in [4.78, 5) is 57.0. The standard InChI is InChI=1S/C34H32Cl2FN5O6/c1-5-48-33(45)18-14-42(15-18)25-12-9-17-13-24(39-31(47-4)26(17)25)19-7-6-8-20(28(19)35)27-22(37)10-11-23(29(27)36)38-30(43)21-16-40(2)34(46)41(3)32(21)44/h6-8,10-11,13,16,18,25H,5,9,12,14-15H2,1-4H3,(H,38,43)/t25-/m1/s1. The van der Waals surface area contributed by atoms with E-state index in [1.165, 1.54) is 20.2 Å². The lowest BCUT2D eigenvalue weighted by atomic mass is 9.95. The van der Waals surface area contributed by atoms with Gasteiger partial charge in [0.2, 0.25) is 5.88 Å². The number of esters is 1. The van der Waals surface area contributed by atoms with Gasteiger partial charge in [0.25, 0.3) is 11.5 Å². The molecule has 6 rings (SSSR count). The van der Waals surface area contributed by atoms with E-state index in [0.29, 0.717) is 36.8 Å². The van der Waals surface area contributed by atoms with Crippen LogP contribution in [0.4, 0.5) is 10.1 Å². The van der Waals surface area contributed by atoms with Gasteiger partial charge in [-0.2, -0.15) is 0 Å². The molecule has 11 nitrogen and oxygen atoms in total. The molecule has 48 heavy (non-hydrogen) atoms. The lowest BCUT2D eigenvalue weighted by Crippen LogP contribution is -2.51. The van der Waals surface area contributed by atoms with Crippen LogP contribution in [-0.4, -0.2) is 57.7 Å². The summed E-state index contributed by atoms with van der Waals surface area (Å²) in [7, 11) is 4.23. The largest absolute Gasteiger partial charge is 0.481 e. The van der Waals surface area contributed by atoms with E-state index in [2.05, 4.69) is 10.2 Å². The first-order valence-corrected chi connectivity index (χ1v) is 16.0. The van der Waals surface area contributed by atoms with Gasteiger partial charge in [-0.25, -0.2) is 14.2 Å². The van der Waals surface area contributed by atoms with E-state index < -0.39 is 23.0 Å². The number of nitrogens with zero attached hydrogens (tertiary/aromatic N) is 4. The van der Waals surface area contributed by atoms with E-state index in [0.717, 1.165) is 45.4 Å². The van der Waals surface area contributed by atoms with Crippen LogP contribution in [-0.2, 0) is 30.0 Å². The maximum absolute atomic E-state index is 15.5. The summed E-state index contributed by atoms with van der Waals surface area (Å²) >= 11 is 13.6. The molecule has 0 spiro atoms. The van der Waals surface area contributed by atoms with Crippen LogP contribution >= 0.6 is 23.2 Å². The average Bonchev–Trinajstić information content (AvgIpc) is 3.46. The van der Waals surface area contributed by atoms with Crippen molar-refractivity contribution in [1.29, 1.82) is 0 Å². The quantitative estimate of drug-likeness (QED) is 0.256. The van der Waals surface area contributed by atoms with Crippen molar-refractivity contribution in [3.05, 3.63) is 96.0 Å². The first-order valence-electron chi connectivity index (χ1n) is 15.3. The van der Waals surface area contributed by atoms with Gasteiger partial charge < -0.3 is 19.4 Å². The summed E-state index contributed by atoms with van der Waals surface area (Å²) in [5.74, 6) is -1.39. The lowest BCUT2D eigenvalue weighted by Gasteiger charge is -2.42. The topological polar surface area (TPSA) is 125 Å². The third-order valence-electron chi connectivity index (χ3n) is 8.87. The zero-order valence-corrected chi connectivity index (χ0v) is 28.1. The molecular formula is C34H32Cl2FN5O6. The smallest absolute Gasteiger partial charge is 0.330 e. The first-order chi connectivity index (χ1) is 22.9. The van der Waals surface area contributed by atoms with Crippen LogP contribution in [0.3, 0.4) is 0 Å². The molecule has 1 atom stereocenters. The Morgan fingerprint density at radius 2 is 1.81 bits per heavy atom. The molecule has 1 aliphatic heterocycles. The minimum Gasteiger partial charge on any atom is -0.481 e. The summed E-state index contributed by atoms with van der Waals surface area (Å²) in [6.45, 7) is 3.36. The average molecular weight is 697 g/mol. The van der Waals surface area contributed by atoms with Gasteiger partial charge in [-0.1, -0.05) is 41.4 Å². The van der Waals surface area contributed by atoms with Crippen molar-refractivity contribution in [3.8, 4) is 28.3 Å². The minimum absolute atomic E-state index is 0.0370. The van der Waals surface area contributed by atoms with Gasteiger partial charge in [-0.05, 0) is 43.5 Å². The number of rotatable bonds is 8. The van der Waals surface area contributed by atoms with Gasteiger partial charge in [-0.3, -0.25) is 23.9 Å². The molecule has 1 saturated heterocycles. The number of methoxy groups -OCH3 is 1. The molecule has 3 heterocycles. The highest BCUT2D eigenvalue weighted by atomic mass is 35.5. The van der Waals surface area contributed by atoms with Gasteiger partial charge in [0.05, 0.1) is 41.1 Å². The second-order valence-corrected chi connectivity index (χ2v) is 12.5. The lowest BCUT2D eigenvalue weighted by molar-refractivity contribution is -0.155. The van der Waals surface area contributed by atoms with Crippen LogP contribution < -0.4 is 21.3 Å². The van der Waals surface area contributed by atoms with Gasteiger partial charge in [0.1, 0.15) is 11.4 Å². The summed E-state index contributed by atoms with van der Waals surface area (Å²) in [6, 6.07) is 9.49. The molecule has 0 radical (unpaired) electrons. The van der Waals surface area contributed by atoms with Crippen molar-refractivity contribution in [3.63, 3.8) is 0 Å². The number of carbonyl (C=O) groups is 2. The Morgan fingerprint density at radius 1 is 1.08 bits per heavy atom. The van der Waals surface area contributed by atoms with Crippen molar-refractivity contribution in [2.24, 2.45) is 20.0 Å². The number of aryl methyl sites for hydroxylation is 2. The molecule has 0 saturated carbocycles. The van der Waals surface area contributed by atoms with Crippen LogP contribution in [0.2, 0.25) is 10.0 Å². The minimum atomic E-state index is -0.826. The summed E-state index contributed by atoms with van der Waals surface area (Å²) in [5, 5.41) is 2.60. The van der Waals surface area contributed by atoms with Crippen molar-refractivity contribution in [1.82, 2.24) is 19.0 Å². The molecule has 4 aromatic rings. The molecule has 14 heteroatoms. The number of halogens is 3. The number of likely N-dealkylation sites (tertiary alicyclic amines) is 1. The Balaban J connectivity index is 1.32. The zero-order chi connectivity index (χ0) is 34.4. The fourth-order valence-electron chi connectivity index (χ4n) is 6.39. The van der Waals surface area contributed by atoms with E-state index in [1.807, 2.05) is 6.07 Å². The van der Waals surface area contributed by atoms with E-state index >= 15 is 4.39 Å². The van der Waals surface area contributed by atoms with Crippen LogP contribution in [0.1, 0.15) is 40.9 Å². The SMILES string of the molecule is CCOC(=O)C1CN([C@@H]2CCc3cc(-c4cccc(-c5c(F)ccc(NC(=O)c6cn(C)c(=O)n(C)c6=O)c5Cl)c4Cl)nc(OC)c32)C1. The number of ether oxygens (including phenoxy) is 2. The molecule has 2 aliphatic rings. The number of aromatic nitrogens is 3. The molecular weight excluding hydrogens is 664 g/mol. The van der Waals surface area contributed by atoms with Gasteiger partial charge in [0.15, 0.2) is 0 Å². The Hall–Kier alpha value is -4.52. The molecule has 1 amide bonds. The number of amides is 1.